The van der Waals surface area contributed by atoms with Crippen molar-refractivity contribution in [1.82, 2.24) is 9.78 Å². The number of carbonyl (C=O) groups is 2. The number of anilines is 3. The van der Waals surface area contributed by atoms with Crippen LogP contribution in [0.5, 0.6) is 0 Å². The number of hydrogen-bond acceptors (Lipinski definition) is 4. The van der Waals surface area contributed by atoms with Crippen LogP contribution in [0.1, 0.15) is 43.6 Å². The first kappa shape index (κ1) is 24.3. The third-order valence-corrected chi connectivity index (χ3v) is 7.28. The molecule has 1 N–H and O–H groups in total. The summed E-state index contributed by atoms with van der Waals surface area (Å²) in [5.41, 5.74) is 3.22. The summed E-state index contributed by atoms with van der Waals surface area (Å²) in [6.45, 7) is 7.35. The number of nitrogens with one attached hydrogen (secondary N) is 1. The Balaban J connectivity index is 1.57. The van der Waals surface area contributed by atoms with Crippen LogP contribution in [0.4, 0.5) is 21.6 Å². The second-order valence-corrected chi connectivity index (χ2v) is 10.4. The molecule has 2 aliphatic rings. The van der Waals surface area contributed by atoms with E-state index >= 15 is 0 Å². The Bertz CT molecular complexity index is 1320. The molecule has 5 rings (SSSR count). The largest absolute Gasteiger partial charge is 0.369 e. The zero-order valence-corrected chi connectivity index (χ0v) is 21.5. The van der Waals surface area contributed by atoms with Crippen molar-refractivity contribution in [2.24, 2.45) is 11.8 Å². The fraction of sp³-hybridized carbons (Fsp3) is 0.370. The maximum Gasteiger partial charge on any atom is 0.262 e. The monoisotopic (exact) mass is 509 g/mol. The van der Waals surface area contributed by atoms with E-state index in [-0.39, 0.29) is 22.5 Å². The van der Waals surface area contributed by atoms with Crippen molar-refractivity contribution in [3.8, 4) is 11.3 Å². The third-order valence-electron chi connectivity index (χ3n) is 6.96. The van der Waals surface area contributed by atoms with Crippen LogP contribution in [0.3, 0.4) is 0 Å². The van der Waals surface area contributed by atoms with Crippen LogP contribution < -0.4 is 15.1 Å². The molecule has 188 valence electrons. The summed E-state index contributed by atoms with van der Waals surface area (Å²) >= 11 is 6.20. The van der Waals surface area contributed by atoms with Crippen LogP contribution in [0, 0.1) is 17.7 Å². The lowest BCUT2D eigenvalue weighted by molar-refractivity contribution is -0.114. The van der Waals surface area contributed by atoms with E-state index in [1.165, 1.54) is 36.4 Å². The molecule has 0 bridgehead atoms. The minimum atomic E-state index is -0.647. The van der Waals surface area contributed by atoms with Gasteiger partial charge in [0.05, 0.1) is 27.7 Å². The Kier molecular flexibility index (Phi) is 6.24. The van der Waals surface area contributed by atoms with Gasteiger partial charge in [0.2, 0.25) is 5.91 Å². The molecule has 36 heavy (non-hydrogen) atoms. The molecule has 2 fully saturated rings. The van der Waals surface area contributed by atoms with Gasteiger partial charge in [-0.3, -0.25) is 14.3 Å². The fourth-order valence-corrected chi connectivity index (χ4v) is 5.28. The summed E-state index contributed by atoms with van der Waals surface area (Å²) in [6.07, 6.45) is 1.24. The first-order chi connectivity index (χ1) is 17.1. The lowest BCUT2D eigenvalue weighted by atomic mass is 10.1. The Labute approximate surface area is 214 Å². The average Bonchev–Trinajstić information content (AvgIpc) is 3.22. The number of halogens is 2. The number of piperidine rings is 1. The van der Waals surface area contributed by atoms with Crippen molar-refractivity contribution in [3.05, 3.63) is 58.9 Å². The van der Waals surface area contributed by atoms with Crippen molar-refractivity contribution in [3.63, 3.8) is 0 Å². The molecule has 9 heteroatoms. The molecule has 2 amide bonds. The maximum absolute atomic E-state index is 14.6. The van der Waals surface area contributed by atoms with Crippen LogP contribution in [-0.4, -0.2) is 41.7 Å². The summed E-state index contributed by atoms with van der Waals surface area (Å²) in [5.74, 6) is 0.505. The Morgan fingerprint density at radius 1 is 1.17 bits per heavy atom. The lowest BCUT2D eigenvalue weighted by Crippen LogP contribution is -2.31. The van der Waals surface area contributed by atoms with Crippen molar-refractivity contribution >= 4 is 40.6 Å². The molecule has 0 radical (unpaired) electrons. The number of rotatable bonds is 6. The van der Waals surface area contributed by atoms with Gasteiger partial charge in [-0.15, -0.1) is 0 Å². The predicted molar refractivity (Wildman–Crippen MR) is 140 cm³/mol. The molecule has 2 aromatic carbocycles. The third kappa shape index (κ3) is 4.46. The van der Waals surface area contributed by atoms with Crippen molar-refractivity contribution in [1.29, 1.82) is 0 Å². The Morgan fingerprint density at radius 2 is 1.89 bits per heavy atom. The predicted octanol–water partition coefficient (Wildman–Crippen LogP) is 5.61. The number of fused-ring (bicyclic) bond motifs is 1. The Morgan fingerprint density at radius 3 is 2.53 bits per heavy atom. The topological polar surface area (TPSA) is 70.5 Å². The van der Waals surface area contributed by atoms with E-state index in [2.05, 4.69) is 21.4 Å². The van der Waals surface area contributed by atoms with Gasteiger partial charge >= 0.3 is 0 Å². The average molecular weight is 510 g/mol. The van der Waals surface area contributed by atoms with Gasteiger partial charge in [0, 0.05) is 44.7 Å². The molecule has 1 aliphatic carbocycles. The smallest absolute Gasteiger partial charge is 0.262 e. The molecular weight excluding hydrogens is 481 g/mol. The first-order valence-corrected chi connectivity index (χ1v) is 12.5. The zero-order valence-electron chi connectivity index (χ0n) is 20.8. The SMILES string of the molecule is CC(=O)Nc1cc(-c2ccc(N(C)C(=O)c3c(F)cccc3Cl)c(N3C[C@H]4C[C@H]4C3)c2)n(C(C)C)n1. The van der Waals surface area contributed by atoms with Crippen molar-refractivity contribution in [2.45, 2.75) is 33.2 Å². The number of benzene rings is 2. The van der Waals surface area contributed by atoms with Gasteiger partial charge in [-0.05, 0) is 56.4 Å². The molecule has 3 aromatic rings. The van der Waals surface area contributed by atoms with E-state index in [1.807, 2.05) is 36.7 Å². The van der Waals surface area contributed by atoms with Gasteiger partial charge < -0.3 is 15.1 Å². The second kappa shape index (κ2) is 9.24. The Hall–Kier alpha value is -3.39. The number of nitrogens with zero attached hydrogens (tertiary/aromatic N) is 4. The second-order valence-electron chi connectivity index (χ2n) is 9.96. The molecule has 7 nitrogen and oxygen atoms in total. The van der Waals surface area contributed by atoms with E-state index in [1.54, 1.807) is 7.05 Å². The summed E-state index contributed by atoms with van der Waals surface area (Å²) in [4.78, 5) is 28.7. The van der Waals surface area contributed by atoms with Crippen molar-refractivity contribution < 1.29 is 14.0 Å². The van der Waals surface area contributed by atoms with Crippen LogP contribution in [0.2, 0.25) is 5.02 Å². The van der Waals surface area contributed by atoms with E-state index in [0.29, 0.717) is 23.3 Å². The lowest BCUT2D eigenvalue weighted by Gasteiger charge is -2.29. The van der Waals surface area contributed by atoms with Crippen LogP contribution >= 0.6 is 11.6 Å². The van der Waals surface area contributed by atoms with Crippen LogP contribution in [0.15, 0.2) is 42.5 Å². The summed E-state index contributed by atoms with van der Waals surface area (Å²) in [7, 11) is 1.65. The number of aromatic nitrogens is 2. The normalized spacial score (nSPS) is 18.4. The quantitative estimate of drug-likeness (QED) is 0.468. The first-order valence-electron chi connectivity index (χ1n) is 12.1. The van der Waals surface area contributed by atoms with Crippen LogP contribution in [-0.2, 0) is 4.79 Å². The van der Waals surface area contributed by atoms with Crippen molar-refractivity contribution in [2.75, 3.05) is 35.3 Å². The molecule has 0 unspecified atom stereocenters. The molecule has 2 atom stereocenters. The molecule has 1 aliphatic heterocycles. The molecule has 0 spiro atoms. The highest BCUT2D eigenvalue weighted by Gasteiger charge is 2.45. The van der Waals surface area contributed by atoms with Gasteiger partial charge in [-0.1, -0.05) is 23.7 Å². The number of carbonyl (C=O) groups excluding carboxylic acids is 2. The van der Waals surface area contributed by atoms with Crippen LogP contribution in [0.25, 0.3) is 11.3 Å². The summed E-state index contributed by atoms with van der Waals surface area (Å²) in [5, 5.41) is 7.41. The standard InChI is InChI=1S/C27H29ClFN5O2/c1-15(2)34-23(12-25(31-34)30-16(3)35)17-8-9-22(24(11-17)33-13-18-10-19(18)14-33)32(4)27(36)26-20(28)6-5-7-21(26)29/h5-9,11-12,15,18-19H,10,13-14H2,1-4H3,(H,30,31,35)/t18-,19+. The molecule has 2 heterocycles. The molecule has 1 saturated carbocycles. The van der Waals surface area contributed by atoms with E-state index < -0.39 is 11.7 Å². The van der Waals surface area contributed by atoms with Gasteiger partial charge in [0.15, 0.2) is 5.82 Å². The highest BCUT2D eigenvalue weighted by Crippen LogP contribution is 2.48. The zero-order chi connectivity index (χ0) is 25.7. The highest BCUT2D eigenvalue weighted by molar-refractivity contribution is 6.34. The number of hydrogen-bond donors (Lipinski definition) is 1. The maximum atomic E-state index is 14.6. The molecule has 1 aromatic heterocycles. The van der Waals surface area contributed by atoms with E-state index in [4.69, 9.17) is 11.6 Å². The van der Waals surface area contributed by atoms with Gasteiger partial charge in [0.25, 0.3) is 5.91 Å². The van der Waals surface area contributed by atoms with Gasteiger partial charge in [0.1, 0.15) is 5.82 Å². The summed E-state index contributed by atoms with van der Waals surface area (Å²) in [6, 6.07) is 12.0. The molecular formula is C27H29ClFN5O2. The minimum absolute atomic E-state index is 0.0671. The summed E-state index contributed by atoms with van der Waals surface area (Å²) < 4.78 is 16.4. The van der Waals surface area contributed by atoms with E-state index in [0.717, 1.165) is 30.0 Å². The highest BCUT2D eigenvalue weighted by atomic mass is 35.5. The van der Waals surface area contributed by atoms with Gasteiger partial charge in [-0.25, -0.2) is 4.39 Å². The van der Waals surface area contributed by atoms with Gasteiger partial charge in [-0.2, -0.15) is 5.10 Å². The number of amides is 2. The minimum Gasteiger partial charge on any atom is -0.369 e. The fourth-order valence-electron chi connectivity index (χ4n) is 5.04. The molecule has 1 saturated heterocycles. The van der Waals surface area contributed by atoms with E-state index in [9.17, 15) is 14.0 Å².